The third-order valence-corrected chi connectivity index (χ3v) is 3.40. The van der Waals surface area contributed by atoms with Crippen molar-refractivity contribution in [2.45, 2.75) is 25.0 Å². The highest BCUT2D eigenvalue weighted by Crippen LogP contribution is 2.35. The molecule has 1 N–H and O–H groups in total. The van der Waals surface area contributed by atoms with Gasteiger partial charge >= 0.3 is 0 Å². The SMILES string of the molecule is CN1CCN(C)C(C(O)C2CC2)C1. The predicted molar refractivity (Wildman–Crippen MR) is 52.6 cm³/mol. The van der Waals surface area contributed by atoms with E-state index in [-0.39, 0.29) is 6.10 Å². The van der Waals surface area contributed by atoms with Crippen molar-refractivity contribution in [3.05, 3.63) is 0 Å². The quantitative estimate of drug-likeness (QED) is 0.654. The molecule has 3 heteroatoms. The summed E-state index contributed by atoms with van der Waals surface area (Å²) >= 11 is 0. The average molecular weight is 184 g/mol. The number of rotatable bonds is 2. The van der Waals surface area contributed by atoms with Crippen LogP contribution in [-0.4, -0.2) is 60.8 Å². The molecule has 13 heavy (non-hydrogen) atoms. The first-order chi connectivity index (χ1) is 6.18. The number of hydrogen-bond acceptors (Lipinski definition) is 3. The van der Waals surface area contributed by atoms with Crippen molar-refractivity contribution in [1.82, 2.24) is 9.80 Å². The minimum absolute atomic E-state index is 0.0900. The lowest BCUT2D eigenvalue weighted by Crippen LogP contribution is -2.55. The number of hydrogen-bond donors (Lipinski definition) is 1. The minimum Gasteiger partial charge on any atom is -0.391 e. The maximum absolute atomic E-state index is 10.0. The Kier molecular flexibility index (Phi) is 2.58. The van der Waals surface area contributed by atoms with E-state index in [1.807, 2.05) is 0 Å². The molecular weight excluding hydrogens is 164 g/mol. The number of aliphatic hydroxyl groups is 1. The Balaban J connectivity index is 1.93. The summed E-state index contributed by atoms with van der Waals surface area (Å²) in [6.45, 7) is 3.24. The van der Waals surface area contributed by atoms with E-state index in [0.29, 0.717) is 12.0 Å². The van der Waals surface area contributed by atoms with Crippen molar-refractivity contribution in [2.24, 2.45) is 5.92 Å². The summed E-state index contributed by atoms with van der Waals surface area (Å²) in [5.41, 5.74) is 0. The molecule has 0 aromatic rings. The molecule has 1 aliphatic heterocycles. The van der Waals surface area contributed by atoms with Crippen molar-refractivity contribution >= 4 is 0 Å². The van der Waals surface area contributed by atoms with Gasteiger partial charge < -0.3 is 10.0 Å². The van der Waals surface area contributed by atoms with Crippen LogP contribution in [0, 0.1) is 5.92 Å². The predicted octanol–water partition coefficient (Wildman–Crippen LogP) is 0.00310. The van der Waals surface area contributed by atoms with Crippen LogP contribution in [0.25, 0.3) is 0 Å². The molecule has 1 heterocycles. The van der Waals surface area contributed by atoms with E-state index in [2.05, 4.69) is 23.9 Å². The molecule has 0 bridgehead atoms. The van der Waals surface area contributed by atoms with Crippen LogP contribution in [0.2, 0.25) is 0 Å². The zero-order valence-electron chi connectivity index (χ0n) is 8.61. The molecule has 1 saturated heterocycles. The highest BCUT2D eigenvalue weighted by atomic mass is 16.3. The van der Waals surface area contributed by atoms with Gasteiger partial charge in [-0.05, 0) is 32.9 Å². The van der Waals surface area contributed by atoms with Crippen LogP contribution in [0.1, 0.15) is 12.8 Å². The summed E-state index contributed by atoms with van der Waals surface area (Å²) in [5, 5.41) is 10.0. The molecule has 2 aliphatic rings. The van der Waals surface area contributed by atoms with Crippen molar-refractivity contribution < 1.29 is 5.11 Å². The van der Waals surface area contributed by atoms with Crippen LogP contribution in [-0.2, 0) is 0 Å². The van der Waals surface area contributed by atoms with E-state index in [1.165, 1.54) is 12.8 Å². The Morgan fingerprint density at radius 2 is 1.92 bits per heavy atom. The molecular formula is C10H20N2O. The van der Waals surface area contributed by atoms with Gasteiger partial charge in [-0.3, -0.25) is 4.90 Å². The molecule has 1 saturated carbocycles. The van der Waals surface area contributed by atoms with Gasteiger partial charge in [-0.25, -0.2) is 0 Å². The van der Waals surface area contributed by atoms with Crippen LogP contribution in [0.3, 0.4) is 0 Å². The van der Waals surface area contributed by atoms with E-state index in [0.717, 1.165) is 19.6 Å². The molecule has 2 unspecified atom stereocenters. The van der Waals surface area contributed by atoms with E-state index >= 15 is 0 Å². The Labute approximate surface area is 80.3 Å². The van der Waals surface area contributed by atoms with E-state index < -0.39 is 0 Å². The van der Waals surface area contributed by atoms with Crippen LogP contribution in [0.15, 0.2) is 0 Å². The zero-order valence-corrected chi connectivity index (χ0v) is 8.61. The Morgan fingerprint density at radius 3 is 2.54 bits per heavy atom. The lowest BCUT2D eigenvalue weighted by atomic mass is 10.0. The van der Waals surface area contributed by atoms with Gasteiger partial charge in [0.05, 0.1) is 6.10 Å². The van der Waals surface area contributed by atoms with Gasteiger partial charge in [0.15, 0.2) is 0 Å². The van der Waals surface area contributed by atoms with Crippen LogP contribution in [0.5, 0.6) is 0 Å². The minimum atomic E-state index is -0.0900. The van der Waals surface area contributed by atoms with E-state index in [9.17, 15) is 5.11 Å². The smallest absolute Gasteiger partial charge is 0.0735 e. The highest BCUT2D eigenvalue weighted by Gasteiger charge is 2.38. The number of aliphatic hydroxyl groups excluding tert-OH is 1. The first-order valence-corrected chi connectivity index (χ1v) is 5.25. The topological polar surface area (TPSA) is 26.7 Å². The summed E-state index contributed by atoms with van der Waals surface area (Å²) < 4.78 is 0. The molecule has 1 aliphatic carbocycles. The fourth-order valence-electron chi connectivity index (χ4n) is 2.16. The molecule has 0 amide bonds. The summed E-state index contributed by atoms with van der Waals surface area (Å²) in [6.07, 6.45) is 2.37. The Hall–Kier alpha value is -0.120. The second kappa shape index (κ2) is 3.56. The second-order valence-electron chi connectivity index (χ2n) is 4.64. The molecule has 2 atom stereocenters. The molecule has 2 fully saturated rings. The third-order valence-electron chi connectivity index (χ3n) is 3.40. The third kappa shape index (κ3) is 2.03. The lowest BCUT2D eigenvalue weighted by Gasteiger charge is -2.40. The fraction of sp³-hybridized carbons (Fsp3) is 1.00. The molecule has 3 nitrogen and oxygen atoms in total. The van der Waals surface area contributed by atoms with E-state index in [1.54, 1.807) is 0 Å². The zero-order chi connectivity index (χ0) is 9.42. The van der Waals surface area contributed by atoms with Crippen molar-refractivity contribution in [1.29, 1.82) is 0 Å². The van der Waals surface area contributed by atoms with Crippen LogP contribution < -0.4 is 0 Å². The molecule has 0 spiro atoms. The summed E-state index contributed by atoms with van der Waals surface area (Å²) in [6, 6.07) is 0.367. The van der Waals surface area contributed by atoms with Gasteiger partial charge in [-0.15, -0.1) is 0 Å². The van der Waals surface area contributed by atoms with Gasteiger partial charge in [0, 0.05) is 25.7 Å². The fourth-order valence-corrected chi connectivity index (χ4v) is 2.16. The second-order valence-corrected chi connectivity index (χ2v) is 4.64. The Bertz CT molecular complexity index is 182. The van der Waals surface area contributed by atoms with Gasteiger partial charge in [0.2, 0.25) is 0 Å². The largest absolute Gasteiger partial charge is 0.391 e. The average Bonchev–Trinajstić information content (AvgIpc) is 2.91. The maximum Gasteiger partial charge on any atom is 0.0735 e. The van der Waals surface area contributed by atoms with Crippen LogP contribution in [0.4, 0.5) is 0 Å². The number of piperazine rings is 1. The first kappa shape index (κ1) is 9.44. The van der Waals surface area contributed by atoms with Gasteiger partial charge in [-0.2, -0.15) is 0 Å². The number of likely N-dealkylation sites (N-methyl/N-ethyl adjacent to an activating group) is 2. The molecule has 0 aromatic heterocycles. The monoisotopic (exact) mass is 184 g/mol. The molecule has 2 rings (SSSR count). The van der Waals surface area contributed by atoms with Gasteiger partial charge in [0.25, 0.3) is 0 Å². The molecule has 0 radical (unpaired) electrons. The highest BCUT2D eigenvalue weighted by molar-refractivity contribution is 4.92. The van der Waals surface area contributed by atoms with Crippen molar-refractivity contribution in [3.63, 3.8) is 0 Å². The Morgan fingerprint density at radius 1 is 1.23 bits per heavy atom. The summed E-state index contributed by atoms with van der Waals surface area (Å²) in [5.74, 6) is 0.596. The summed E-state index contributed by atoms with van der Waals surface area (Å²) in [4.78, 5) is 4.62. The standard InChI is InChI=1S/C10H20N2O/c1-11-5-6-12(2)9(7-11)10(13)8-3-4-8/h8-10,13H,3-7H2,1-2H3. The maximum atomic E-state index is 10.0. The van der Waals surface area contributed by atoms with Gasteiger partial charge in [0.1, 0.15) is 0 Å². The first-order valence-electron chi connectivity index (χ1n) is 5.25. The van der Waals surface area contributed by atoms with E-state index in [4.69, 9.17) is 0 Å². The molecule has 0 aromatic carbocycles. The van der Waals surface area contributed by atoms with Crippen molar-refractivity contribution in [2.75, 3.05) is 33.7 Å². The van der Waals surface area contributed by atoms with Crippen molar-refractivity contribution in [3.8, 4) is 0 Å². The lowest BCUT2D eigenvalue weighted by molar-refractivity contribution is 0.00396. The normalized spacial score (nSPS) is 34.8. The van der Waals surface area contributed by atoms with Crippen LogP contribution >= 0.6 is 0 Å². The molecule has 76 valence electrons. The van der Waals surface area contributed by atoms with Gasteiger partial charge in [-0.1, -0.05) is 0 Å². The summed E-state index contributed by atoms with van der Waals surface area (Å²) in [7, 11) is 4.27. The number of nitrogens with zero attached hydrogens (tertiary/aromatic N) is 2.